The molecule has 0 spiro atoms. The number of nitrogens with one attached hydrogen (secondary N) is 3. The molecule has 8 rings (SSSR count). The lowest BCUT2D eigenvalue weighted by molar-refractivity contribution is 0.403. The Balaban J connectivity index is 0.000000514. The first kappa shape index (κ1) is 79.6. The molecule has 90 heavy (non-hydrogen) atoms. The number of aromatic nitrogens is 13. The molecular formula is C74H113N13O3. The van der Waals surface area contributed by atoms with Gasteiger partial charge in [-0.3, -0.25) is 19.6 Å². The van der Waals surface area contributed by atoms with Crippen LogP contribution in [0.3, 0.4) is 0 Å². The van der Waals surface area contributed by atoms with Gasteiger partial charge in [-0.1, -0.05) is 224 Å². The van der Waals surface area contributed by atoms with Crippen molar-refractivity contribution in [2.45, 2.75) is 209 Å². The molecule has 0 amide bonds. The number of rotatable bonds is 8. The fourth-order valence-corrected chi connectivity index (χ4v) is 7.63. The molecule has 0 fully saturated rings. The first-order chi connectivity index (χ1) is 41.2. The van der Waals surface area contributed by atoms with Gasteiger partial charge in [-0.05, 0) is 77.0 Å². The smallest absolute Gasteiger partial charge is 0.218 e. The van der Waals surface area contributed by atoms with E-state index in [1.54, 1.807) is 67.3 Å². The molecule has 8 aromatic heterocycles. The summed E-state index contributed by atoms with van der Waals surface area (Å²) in [6.07, 6.45) is 24.6. The second-order valence-electron chi connectivity index (χ2n) is 29.6. The summed E-state index contributed by atoms with van der Waals surface area (Å²) in [6.45, 7) is 80.5. The second kappa shape index (κ2) is 33.4. The zero-order valence-electron chi connectivity index (χ0n) is 60.1. The van der Waals surface area contributed by atoms with E-state index in [0.717, 1.165) is 62.7 Å². The highest BCUT2D eigenvalue weighted by atomic mass is 16.5. The maximum atomic E-state index is 5.37. The Hall–Kier alpha value is -8.40. The molecule has 16 heteroatoms. The Labute approximate surface area is 541 Å². The van der Waals surface area contributed by atoms with Gasteiger partial charge < -0.3 is 18.3 Å². The minimum atomic E-state index is 0.0360. The average molecular weight is 1230 g/mol. The summed E-state index contributed by atoms with van der Waals surface area (Å²) in [5, 5.41) is 26.3. The minimum Gasteiger partial charge on any atom is -0.445 e. The minimum absolute atomic E-state index is 0.0360. The largest absolute Gasteiger partial charge is 0.445 e. The molecule has 0 bridgehead atoms. The van der Waals surface area contributed by atoms with E-state index in [0.29, 0.717) is 11.8 Å². The van der Waals surface area contributed by atoms with E-state index >= 15 is 0 Å². The first-order valence-corrected chi connectivity index (χ1v) is 30.3. The third-order valence-electron chi connectivity index (χ3n) is 13.1. The summed E-state index contributed by atoms with van der Waals surface area (Å²) < 4.78 is 19.1. The van der Waals surface area contributed by atoms with Crippen molar-refractivity contribution in [2.24, 2.45) is 14.1 Å². The highest BCUT2D eigenvalue weighted by molar-refractivity contribution is 5.50. The van der Waals surface area contributed by atoms with Crippen LogP contribution in [0.15, 0.2) is 115 Å². The molecule has 0 aliphatic rings. The summed E-state index contributed by atoms with van der Waals surface area (Å²) in [5.41, 5.74) is 13.7. The van der Waals surface area contributed by atoms with E-state index in [-0.39, 0.29) is 43.3 Å². The van der Waals surface area contributed by atoms with Gasteiger partial charge in [0.2, 0.25) is 11.8 Å². The van der Waals surface area contributed by atoms with Crippen LogP contribution in [0.1, 0.15) is 257 Å². The number of aromatic amines is 3. The number of hydrogen-bond donors (Lipinski definition) is 3. The van der Waals surface area contributed by atoms with Gasteiger partial charge in [-0.2, -0.15) is 20.4 Å². The quantitative estimate of drug-likeness (QED) is 0.131. The van der Waals surface area contributed by atoms with E-state index in [9.17, 15) is 0 Å². The maximum Gasteiger partial charge on any atom is 0.218 e. The Morgan fingerprint density at radius 1 is 0.467 bits per heavy atom. The molecule has 3 N–H and O–H groups in total. The van der Waals surface area contributed by atoms with Crippen molar-refractivity contribution in [2.75, 3.05) is 0 Å². The zero-order valence-corrected chi connectivity index (χ0v) is 60.1. The highest BCUT2D eigenvalue weighted by Gasteiger charge is 2.23. The predicted molar refractivity (Wildman–Crippen MR) is 382 cm³/mol. The molecule has 0 atom stereocenters. The van der Waals surface area contributed by atoms with Crippen LogP contribution in [0.25, 0.3) is 48.6 Å². The summed E-state index contributed by atoms with van der Waals surface area (Å²) in [7, 11) is 3.90. The standard InChI is InChI=1S/2C10H16N2.3C9H14N2.3C9H13NO/c1-6-9-8(10(2,3)4)7-12(5)11-9;1-6-8-7-9(10(2,3)4)12(5)11-8;1-5-8-10-6-7(11-8)9(2,3)4;1-5-8-7(6-10-11-8)9(2,3)4;1-5-7-6-8(11-10-7)9(2,3)4;1-5-8-10-7(6-11-8)9(2,3)4;1-5-8-10-6-7(11-8)9(2,3)4;1-5-8-7(6-11-10-8)9(2,3)4/h2*6-7H,1H2,2-5H3;3*5-6H,1H2,2-4H3,(H,10,11);3*5-6H,1H2,2-4H3. The van der Waals surface area contributed by atoms with E-state index in [1.807, 2.05) is 41.9 Å². The van der Waals surface area contributed by atoms with E-state index in [1.165, 1.54) is 16.8 Å². The number of imidazole rings is 1. The number of hydrogen-bond acceptors (Lipinski definition) is 11. The van der Waals surface area contributed by atoms with Crippen LogP contribution in [0.4, 0.5) is 0 Å². The van der Waals surface area contributed by atoms with Crippen LogP contribution in [0, 0.1) is 0 Å². The van der Waals surface area contributed by atoms with Gasteiger partial charge in [0.15, 0.2) is 0 Å². The van der Waals surface area contributed by atoms with Crippen LogP contribution in [-0.4, -0.2) is 65.0 Å². The number of nitrogens with zero attached hydrogens (tertiary/aromatic N) is 10. The summed E-state index contributed by atoms with van der Waals surface area (Å²) in [4.78, 5) is 15.5. The molecule has 8 aromatic rings. The molecule has 0 aliphatic carbocycles. The van der Waals surface area contributed by atoms with Crippen molar-refractivity contribution in [1.29, 1.82) is 0 Å². The lowest BCUT2D eigenvalue weighted by Crippen LogP contribution is -2.16. The molecule has 492 valence electrons. The molecule has 0 saturated carbocycles. The number of aryl methyl sites for hydroxylation is 2. The Bertz CT molecular complexity index is 3210. The zero-order chi connectivity index (χ0) is 69.6. The summed E-state index contributed by atoms with van der Waals surface area (Å²) in [6, 6.07) is 4.10. The lowest BCUT2D eigenvalue weighted by atomic mass is 9.87. The van der Waals surface area contributed by atoms with Crippen LogP contribution in [0.5, 0.6) is 0 Å². The van der Waals surface area contributed by atoms with Crippen LogP contribution < -0.4 is 0 Å². The van der Waals surface area contributed by atoms with E-state index in [2.05, 4.69) is 287 Å². The predicted octanol–water partition coefficient (Wildman–Crippen LogP) is 19.6. The first-order valence-electron chi connectivity index (χ1n) is 30.3. The van der Waals surface area contributed by atoms with Gasteiger partial charge in [0, 0.05) is 87.3 Å². The molecule has 16 nitrogen and oxygen atoms in total. The number of H-pyrrole nitrogens is 3. The van der Waals surface area contributed by atoms with Crippen molar-refractivity contribution in [1.82, 2.24) is 65.0 Å². The molecule has 0 radical (unpaired) electrons. The summed E-state index contributed by atoms with van der Waals surface area (Å²) >= 11 is 0. The number of oxazole rings is 2. The molecular weight excluding hydrogens is 1120 g/mol. The van der Waals surface area contributed by atoms with Crippen LogP contribution in [-0.2, 0) is 57.4 Å². The average Bonchev–Trinajstić information content (AvgIpc) is 2.44. The summed E-state index contributed by atoms with van der Waals surface area (Å²) in [5.74, 6) is 2.92. The third-order valence-corrected chi connectivity index (χ3v) is 13.1. The normalized spacial score (nSPS) is 11.6. The fourth-order valence-electron chi connectivity index (χ4n) is 7.63. The molecule has 8 heterocycles. The van der Waals surface area contributed by atoms with Crippen LogP contribution in [0.2, 0.25) is 0 Å². The van der Waals surface area contributed by atoms with Crippen molar-refractivity contribution in [3.63, 3.8) is 0 Å². The topological polar surface area (TPSA) is 200 Å². The fraction of sp³-hybridized carbons (Fsp3) is 0.459. The van der Waals surface area contributed by atoms with Gasteiger partial charge >= 0.3 is 0 Å². The van der Waals surface area contributed by atoms with Gasteiger partial charge in [0.05, 0.1) is 40.9 Å². The van der Waals surface area contributed by atoms with Gasteiger partial charge in [-0.25, -0.2) is 15.0 Å². The van der Waals surface area contributed by atoms with Crippen molar-refractivity contribution in [3.8, 4) is 0 Å². The monoisotopic (exact) mass is 1230 g/mol. The molecule has 0 saturated heterocycles. The van der Waals surface area contributed by atoms with Gasteiger partial charge in [0.25, 0.3) is 0 Å². The third kappa shape index (κ3) is 26.7. The van der Waals surface area contributed by atoms with E-state index in [4.69, 9.17) is 13.4 Å². The SMILES string of the molecule is C=Cc1[nH]ncc1C(C)(C)C.C=Cc1cc(C(C)(C)C)[nH]n1.C=Cc1cc(C(C)(C)C)n(C)n1.C=Cc1nc(C(C)(C)C)co1.C=Cc1ncc(C(C)(C)C)[nH]1.C=Cc1ncc(C(C)(C)C)o1.C=Cc1nn(C)cc1C(C)(C)C.C=Cc1nocc1C(C)(C)C. The Kier molecular flexibility index (Phi) is 29.6. The maximum absolute atomic E-state index is 5.37. The molecule has 0 aliphatic heterocycles. The Morgan fingerprint density at radius 2 is 1.02 bits per heavy atom. The van der Waals surface area contributed by atoms with Crippen molar-refractivity contribution >= 4 is 48.6 Å². The lowest BCUT2D eigenvalue weighted by Gasteiger charge is -2.17. The molecule has 0 aromatic carbocycles. The van der Waals surface area contributed by atoms with E-state index < -0.39 is 0 Å². The highest BCUT2D eigenvalue weighted by Crippen LogP contribution is 2.29. The molecule has 0 unspecified atom stereocenters. The van der Waals surface area contributed by atoms with Gasteiger partial charge in [-0.15, -0.1) is 0 Å². The van der Waals surface area contributed by atoms with Gasteiger partial charge in [0.1, 0.15) is 29.8 Å². The van der Waals surface area contributed by atoms with Crippen LogP contribution >= 0.6 is 0 Å². The Morgan fingerprint density at radius 3 is 1.32 bits per heavy atom. The van der Waals surface area contributed by atoms with Crippen molar-refractivity contribution < 1.29 is 13.4 Å². The second-order valence-corrected chi connectivity index (χ2v) is 29.6. The van der Waals surface area contributed by atoms with Crippen molar-refractivity contribution in [3.05, 3.63) is 193 Å².